The molecule has 0 aliphatic heterocycles. The van der Waals surface area contributed by atoms with Crippen molar-refractivity contribution in [2.24, 2.45) is 0 Å². The topological polar surface area (TPSA) is 38.3 Å². The summed E-state index contributed by atoms with van der Waals surface area (Å²) >= 11 is 0. The van der Waals surface area contributed by atoms with Gasteiger partial charge in [0, 0.05) is 0 Å². The molecule has 21 heavy (non-hydrogen) atoms. The largest absolute Gasteiger partial charge is 0.481 e. The molecular formula is C18H21NO2. The quantitative estimate of drug-likeness (QED) is 0.909. The molecule has 0 fully saturated rings. The van der Waals surface area contributed by atoms with Crippen LogP contribution in [0.1, 0.15) is 31.0 Å². The summed E-state index contributed by atoms with van der Waals surface area (Å²) < 4.78 is 5.66. The summed E-state index contributed by atoms with van der Waals surface area (Å²) in [5.41, 5.74) is 2.24. The molecule has 0 saturated carbocycles. The van der Waals surface area contributed by atoms with Crippen molar-refractivity contribution >= 4 is 5.91 Å². The molecule has 2 aromatic carbocycles. The average Bonchev–Trinajstić information content (AvgIpc) is 2.50. The van der Waals surface area contributed by atoms with E-state index in [0.29, 0.717) is 5.75 Å². The van der Waals surface area contributed by atoms with Crippen LogP contribution in [0.15, 0.2) is 54.6 Å². The van der Waals surface area contributed by atoms with Crippen molar-refractivity contribution in [3.63, 3.8) is 0 Å². The van der Waals surface area contributed by atoms with E-state index in [1.807, 2.05) is 68.4 Å². The van der Waals surface area contributed by atoms with Gasteiger partial charge in [0.15, 0.2) is 6.10 Å². The molecule has 1 amide bonds. The molecule has 3 heteroatoms. The maximum atomic E-state index is 12.2. The fourth-order valence-corrected chi connectivity index (χ4v) is 2.03. The van der Waals surface area contributed by atoms with Gasteiger partial charge in [-0.05, 0) is 38.5 Å². The number of carbonyl (C=O) groups excluding carboxylic acids is 1. The molecule has 0 aromatic heterocycles. The number of ether oxygens (including phenoxy) is 1. The summed E-state index contributed by atoms with van der Waals surface area (Å²) in [6.45, 7) is 5.74. The normalized spacial score (nSPS) is 13.3. The van der Waals surface area contributed by atoms with Crippen LogP contribution < -0.4 is 10.1 Å². The minimum absolute atomic E-state index is 0.0391. The second-order valence-corrected chi connectivity index (χ2v) is 5.21. The van der Waals surface area contributed by atoms with Crippen LogP contribution in [0.3, 0.4) is 0 Å². The Kier molecular flexibility index (Phi) is 4.99. The second-order valence-electron chi connectivity index (χ2n) is 5.21. The molecule has 0 heterocycles. The third-order valence-electron chi connectivity index (χ3n) is 3.36. The highest BCUT2D eigenvalue weighted by Gasteiger charge is 2.17. The van der Waals surface area contributed by atoms with E-state index in [1.54, 1.807) is 6.92 Å². The highest BCUT2D eigenvalue weighted by Crippen LogP contribution is 2.15. The first-order chi connectivity index (χ1) is 10.1. The van der Waals surface area contributed by atoms with Crippen LogP contribution in [0, 0.1) is 6.92 Å². The summed E-state index contributed by atoms with van der Waals surface area (Å²) in [5.74, 6) is 0.586. The molecule has 0 bridgehead atoms. The van der Waals surface area contributed by atoms with Crippen molar-refractivity contribution < 1.29 is 9.53 Å². The predicted molar refractivity (Wildman–Crippen MR) is 84.3 cm³/mol. The van der Waals surface area contributed by atoms with Gasteiger partial charge >= 0.3 is 0 Å². The van der Waals surface area contributed by atoms with Crippen LogP contribution in [0.25, 0.3) is 0 Å². The van der Waals surface area contributed by atoms with E-state index in [9.17, 15) is 4.79 Å². The van der Waals surface area contributed by atoms with E-state index in [4.69, 9.17) is 4.74 Å². The van der Waals surface area contributed by atoms with Crippen LogP contribution in [0.5, 0.6) is 5.75 Å². The van der Waals surface area contributed by atoms with Crippen LogP contribution in [0.4, 0.5) is 0 Å². The number of aryl methyl sites for hydroxylation is 1. The highest BCUT2D eigenvalue weighted by atomic mass is 16.5. The summed E-state index contributed by atoms with van der Waals surface area (Å²) in [4.78, 5) is 12.2. The lowest BCUT2D eigenvalue weighted by atomic mass is 10.1. The molecule has 0 aliphatic carbocycles. The molecular weight excluding hydrogens is 262 g/mol. The van der Waals surface area contributed by atoms with Crippen LogP contribution in [-0.4, -0.2) is 12.0 Å². The number of carbonyl (C=O) groups is 1. The van der Waals surface area contributed by atoms with Gasteiger partial charge in [0.2, 0.25) is 0 Å². The molecule has 2 aromatic rings. The van der Waals surface area contributed by atoms with E-state index in [1.165, 1.54) is 0 Å². The Morgan fingerprint density at radius 3 is 2.24 bits per heavy atom. The summed E-state index contributed by atoms with van der Waals surface area (Å²) in [7, 11) is 0. The molecule has 1 N–H and O–H groups in total. The predicted octanol–water partition coefficient (Wildman–Crippen LogP) is 3.64. The van der Waals surface area contributed by atoms with E-state index < -0.39 is 6.10 Å². The van der Waals surface area contributed by atoms with Crippen LogP contribution in [0.2, 0.25) is 0 Å². The zero-order valence-electron chi connectivity index (χ0n) is 12.7. The third-order valence-corrected chi connectivity index (χ3v) is 3.36. The molecule has 2 rings (SSSR count). The van der Waals surface area contributed by atoms with Crippen molar-refractivity contribution in [2.75, 3.05) is 0 Å². The van der Waals surface area contributed by atoms with Gasteiger partial charge in [0.25, 0.3) is 5.91 Å². The van der Waals surface area contributed by atoms with Gasteiger partial charge < -0.3 is 10.1 Å². The maximum absolute atomic E-state index is 12.2. The minimum atomic E-state index is -0.529. The molecule has 0 radical (unpaired) electrons. The fraction of sp³-hybridized carbons (Fsp3) is 0.278. The zero-order valence-corrected chi connectivity index (χ0v) is 12.7. The minimum Gasteiger partial charge on any atom is -0.481 e. The van der Waals surface area contributed by atoms with Crippen molar-refractivity contribution in [1.29, 1.82) is 0 Å². The lowest BCUT2D eigenvalue weighted by Crippen LogP contribution is -2.37. The van der Waals surface area contributed by atoms with Crippen molar-refractivity contribution in [1.82, 2.24) is 5.32 Å². The van der Waals surface area contributed by atoms with E-state index in [2.05, 4.69) is 5.32 Å². The van der Waals surface area contributed by atoms with Crippen molar-refractivity contribution in [3.05, 3.63) is 65.7 Å². The summed E-state index contributed by atoms with van der Waals surface area (Å²) in [6.07, 6.45) is -0.529. The van der Waals surface area contributed by atoms with Gasteiger partial charge in [0.1, 0.15) is 5.75 Å². The number of nitrogens with one attached hydrogen (secondary N) is 1. The van der Waals surface area contributed by atoms with Gasteiger partial charge in [-0.25, -0.2) is 0 Å². The standard InChI is InChI=1S/C18H21NO2/c1-13-9-11-17(12-10-13)21-15(3)18(20)19-14(2)16-7-5-4-6-8-16/h4-12,14-15H,1-3H3,(H,19,20)/t14-,15-/m1/s1. The smallest absolute Gasteiger partial charge is 0.261 e. The fourth-order valence-electron chi connectivity index (χ4n) is 2.03. The Morgan fingerprint density at radius 2 is 1.62 bits per heavy atom. The molecule has 2 atom stereocenters. The molecule has 0 spiro atoms. The lowest BCUT2D eigenvalue weighted by molar-refractivity contribution is -0.127. The van der Waals surface area contributed by atoms with Gasteiger partial charge in [-0.3, -0.25) is 4.79 Å². The Labute approximate surface area is 126 Å². The Bertz CT molecular complexity index is 578. The second kappa shape index (κ2) is 6.93. The molecule has 110 valence electrons. The first-order valence-corrected chi connectivity index (χ1v) is 7.15. The number of rotatable bonds is 5. The SMILES string of the molecule is Cc1ccc(O[C@H](C)C(=O)N[C@H](C)c2ccccc2)cc1. The Morgan fingerprint density at radius 1 is 1.00 bits per heavy atom. The summed E-state index contributed by atoms with van der Waals surface area (Å²) in [6, 6.07) is 17.5. The van der Waals surface area contributed by atoms with Gasteiger partial charge in [-0.1, -0.05) is 48.0 Å². The van der Waals surface area contributed by atoms with E-state index in [0.717, 1.165) is 11.1 Å². The average molecular weight is 283 g/mol. The number of benzene rings is 2. The highest BCUT2D eigenvalue weighted by molar-refractivity contribution is 5.81. The summed E-state index contributed by atoms with van der Waals surface area (Å²) in [5, 5.41) is 2.96. The third kappa shape index (κ3) is 4.35. The maximum Gasteiger partial charge on any atom is 0.261 e. The Balaban J connectivity index is 1.92. The molecule has 0 saturated heterocycles. The number of amides is 1. The number of hydrogen-bond acceptors (Lipinski definition) is 2. The Hall–Kier alpha value is -2.29. The van der Waals surface area contributed by atoms with Crippen molar-refractivity contribution in [3.8, 4) is 5.75 Å². The van der Waals surface area contributed by atoms with Crippen molar-refractivity contribution in [2.45, 2.75) is 32.9 Å². The van der Waals surface area contributed by atoms with Gasteiger partial charge in [-0.2, -0.15) is 0 Å². The van der Waals surface area contributed by atoms with E-state index in [-0.39, 0.29) is 11.9 Å². The lowest BCUT2D eigenvalue weighted by Gasteiger charge is -2.19. The molecule has 0 unspecified atom stereocenters. The first-order valence-electron chi connectivity index (χ1n) is 7.15. The molecule has 0 aliphatic rings. The van der Waals surface area contributed by atoms with Crippen LogP contribution in [-0.2, 0) is 4.79 Å². The monoisotopic (exact) mass is 283 g/mol. The number of hydrogen-bond donors (Lipinski definition) is 1. The van der Waals surface area contributed by atoms with Crippen LogP contribution >= 0.6 is 0 Å². The molecule has 3 nitrogen and oxygen atoms in total. The zero-order chi connectivity index (χ0) is 15.2. The van der Waals surface area contributed by atoms with E-state index >= 15 is 0 Å². The first kappa shape index (κ1) is 15.1. The van der Waals surface area contributed by atoms with Gasteiger partial charge in [0.05, 0.1) is 6.04 Å². The van der Waals surface area contributed by atoms with Gasteiger partial charge in [-0.15, -0.1) is 0 Å².